The number of aromatic amines is 1. The number of fused-ring (bicyclic) bond motifs is 1. The van der Waals surface area contributed by atoms with Crippen molar-refractivity contribution in [1.82, 2.24) is 15.3 Å². The average Bonchev–Trinajstić information content (AvgIpc) is 2.92. The van der Waals surface area contributed by atoms with Gasteiger partial charge in [0.15, 0.2) is 11.9 Å². The van der Waals surface area contributed by atoms with Crippen LogP contribution in [0.5, 0.6) is 0 Å². The lowest BCUT2D eigenvalue weighted by Crippen LogP contribution is -2.24. The molecule has 1 unspecified atom stereocenters. The molecule has 0 aliphatic rings. The number of nitrogens with one attached hydrogen (secondary N) is 2. The number of nitrogens with zero attached hydrogens (tertiary/aromatic N) is 1. The van der Waals surface area contributed by atoms with Gasteiger partial charge in [0.2, 0.25) is 5.91 Å². The number of hydrogen-bond acceptors (Lipinski definition) is 8. The first-order chi connectivity index (χ1) is 12.7. The summed E-state index contributed by atoms with van der Waals surface area (Å²) in [5, 5.41) is 2.81. The molecule has 2 N–H and O–H groups in total. The van der Waals surface area contributed by atoms with E-state index in [1.165, 1.54) is 6.92 Å². The number of esters is 2. The predicted molar refractivity (Wildman–Crippen MR) is 98.7 cm³/mol. The molecule has 1 amide bonds. The number of aryl methyl sites for hydroxylation is 1. The van der Waals surface area contributed by atoms with Gasteiger partial charge >= 0.3 is 11.9 Å². The van der Waals surface area contributed by atoms with Gasteiger partial charge in [-0.15, -0.1) is 11.3 Å². The maximum absolute atomic E-state index is 12.4. The largest absolute Gasteiger partial charge is 0.462 e. The first-order valence-corrected chi connectivity index (χ1v) is 9.20. The van der Waals surface area contributed by atoms with Crippen LogP contribution in [-0.2, 0) is 19.1 Å². The van der Waals surface area contributed by atoms with Gasteiger partial charge in [0.05, 0.1) is 18.4 Å². The molecule has 2 aromatic rings. The predicted octanol–water partition coefficient (Wildman–Crippen LogP) is 1.60. The molecule has 0 saturated heterocycles. The summed E-state index contributed by atoms with van der Waals surface area (Å²) in [6, 6.07) is 0. The van der Waals surface area contributed by atoms with Crippen LogP contribution >= 0.6 is 11.3 Å². The van der Waals surface area contributed by atoms with Crippen LogP contribution in [0, 0.1) is 6.92 Å². The number of hydrogen-bond donors (Lipinski definition) is 2. The molecule has 2 heterocycles. The summed E-state index contributed by atoms with van der Waals surface area (Å²) in [7, 11) is 0. The van der Waals surface area contributed by atoms with Crippen molar-refractivity contribution >= 4 is 39.4 Å². The molecule has 146 valence electrons. The van der Waals surface area contributed by atoms with Crippen molar-refractivity contribution in [3.05, 3.63) is 26.6 Å². The quantitative estimate of drug-likeness (QED) is 0.682. The summed E-state index contributed by atoms with van der Waals surface area (Å²) in [6.07, 6.45) is -0.790. The molecule has 0 aromatic carbocycles. The zero-order valence-corrected chi connectivity index (χ0v) is 16.3. The zero-order chi connectivity index (χ0) is 20.1. The molecule has 10 heteroatoms. The number of thiophene rings is 1. The molecule has 0 spiro atoms. The van der Waals surface area contributed by atoms with E-state index in [0.717, 1.165) is 11.3 Å². The highest BCUT2D eigenvalue weighted by Gasteiger charge is 2.22. The number of H-pyrrole nitrogens is 1. The summed E-state index contributed by atoms with van der Waals surface area (Å²) in [6.45, 7) is 6.68. The van der Waals surface area contributed by atoms with E-state index in [4.69, 9.17) is 9.47 Å². The molecule has 2 rings (SSSR count). The van der Waals surface area contributed by atoms with Crippen molar-refractivity contribution in [3.63, 3.8) is 0 Å². The SMILES string of the molecule is CCOC(=O)c1sc2nc(C(C)OC(=O)CCNC(C)=O)[nH]c(=O)c2c1C. The fraction of sp³-hybridized carbons (Fsp3) is 0.471. The highest BCUT2D eigenvalue weighted by Crippen LogP contribution is 2.28. The van der Waals surface area contributed by atoms with E-state index in [0.29, 0.717) is 20.7 Å². The summed E-state index contributed by atoms with van der Waals surface area (Å²) in [5.74, 6) is -1.10. The first kappa shape index (κ1) is 20.6. The Morgan fingerprint density at radius 3 is 2.67 bits per heavy atom. The number of aromatic nitrogens is 2. The Morgan fingerprint density at radius 2 is 2.04 bits per heavy atom. The maximum atomic E-state index is 12.4. The first-order valence-electron chi connectivity index (χ1n) is 8.38. The molecule has 27 heavy (non-hydrogen) atoms. The highest BCUT2D eigenvalue weighted by atomic mass is 32.1. The van der Waals surface area contributed by atoms with Crippen LogP contribution in [-0.4, -0.2) is 41.0 Å². The molecular weight excluding hydrogens is 374 g/mol. The van der Waals surface area contributed by atoms with Crippen LogP contribution in [0.15, 0.2) is 4.79 Å². The van der Waals surface area contributed by atoms with Gasteiger partial charge in [-0.3, -0.25) is 14.4 Å². The highest BCUT2D eigenvalue weighted by molar-refractivity contribution is 7.20. The van der Waals surface area contributed by atoms with E-state index in [9.17, 15) is 19.2 Å². The van der Waals surface area contributed by atoms with Gasteiger partial charge in [0.1, 0.15) is 9.71 Å². The Balaban J connectivity index is 2.22. The number of rotatable bonds is 7. The fourth-order valence-corrected chi connectivity index (χ4v) is 3.48. The fourth-order valence-electron chi connectivity index (χ4n) is 2.40. The second-order valence-electron chi connectivity index (χ2n) is 5.77. The minimum Gasteiger partial charge on any atom is -0.462 e. The van der Waals surface area contributed by atoms with Gasteiger partial charge in [-0.2, -0.15) is 0 Å². The lowest BCUT2D eigenvalue weighted by Gasteiger charge is -2.12. The van der Waals surface area contributed by atoms with Gasteiger partial charge < -0.3 is 19.8 Å². The molecule has 0 aliphatic heterocycles. The van der Waals surface area contributed by atoms with E-state index < -0.39 is 23.6 Å². The molecule has 0 radical (unpaired) electrons. The van der Waals surface area contributed by atoms with Crippen LogP contribution in [0.2, 0.25) is 0 Å². The Hall–Kier alpha value is -2.75. The van der Waals surface area contributed by atoms with Gasteiger partial charge in [-0.25, -0.2) is 9.78 Å². The van der Waals surface area contributed by atoms with Gasteiger partial charge in [-0.05, 0) is 26.3 Å². The van der Waals surface area contributed by atoms with E-state index in [1.54, 1.807) is 20.8 Å². The third kappa shape index (κ3) is 4.91. The molecule has 9 nitrogen and oxygen atoms in total. The Labute approximate surface area is 159 Å². The second-order valence-corrected chi connectivity index (χ2v) is 6.77. The van der Waals surface area contributed by atoms with E-state index in [1.807, 2.05) is 0 Å². The third-order valence-corrected chi connectivity index (χ3v) is 4.84. The van der Waals surface area contributed by atoms with E-state index >= 15 is 0 Å². The average molecular weight is 395 g/mol. The summed E-state index contributed by atoms with van der Waals surface area (Å²) in [5.41, 5.74) is 0.0918. The Bertz CT molecular complexity index is 933. The smallest absolute Gasteiger partial charge is 0.348 e. The van der Waals surface area contributed by atoms with E-state index in [-0.39, 0.29) is 31.3 Å². The summed E-state index contributed by atoms with van der Waals surface area (Å²) >= 11 is 1.06. The maximum Gasteiger partial charge on any atom is 0.348 e. The Kier molecular flexibility index (Phi) is 6.67. The molecular formula is C17H21N3O6S. The van der Waals surface area contributed by atoms with Crippen LogP contribution in [0.3, 0.4) is 0 Å². The monoisotopic (exact) mass is 395 g/mol. The number of carbonyl (C=O) groups is 3. The standard InChI is InChI=1S/C17H21N3O6S/c1-5-25-17(24)13-8(2)12-15(23)19-14(20-16(12)27-13)9(3)26-11(22)6-7-18-10(4)21/h9H,5-7H2,1-4H3,(H,18,21)(H,19,20,23). The van der Waals surface area contributed by atoms with Gasteiger partial charge in [0, 0.05) is 13.5 Å². The van der Waals surface area contributed by atoms with Crippen LogP contribution in [0.4, 0.5) is 0 Å². The number of amides is 1. The molecule has 0 aliphatic carbocycles. The van der Waals surface area contributed by atoms with Crippen molar-refractivity contribution in [2.24, 2.45) is 0 Å². The van der Waals surface area contributed by atoms with Crippen molar-refractivity contribution < 1.29 is 23.9 Å². The third-order valence-electron chi connectivity index (χ3n) is 3.68. The van der Waals surface area contributed by atoms with Gasteiger partial charge in [-0.1, -0.05) is 0 Å². The second kappa shape index (κ2) is 8.76. The minimum atomic E-state index is -0.791. The molecule has 0 saturated carbocycles. The minimum absolute atomic E-state index is 0.00150. The lowest BCUT2D eigenvalue weighted by atomic mass is 10.2. The van der Waals surface area contributed by atoms with Crippen molar-refractivity contribution in [2.75, 3.05) is 13.2 Å². The van der Waals surface area contributed by atoms with Crippen LogP contribution in [0.25, 0.3) is 10.2 Å². The van der Waals surface area contributed by atoms with Gasteiger partial charge in [0.25, 0.3) is 5.56 Å². The normalized spacial score (nSPS) is 11.9. The summed E-state index contributed by atoms with van der Waals surface area (Å²) < 4.78 is 10.2. The number of carbonyl (C=O) groups excluding carboxylic acids is 3. The summed E-state index contributed by atoms with van der Waals surface area (Å²) in [4.78, 5) is 54.7. The van der Waals surface area contributed by atoms with Crippen molar-refractivity contribution in [2.45, 2.75) is 40.2 Å². The number of ether oxygens (including phenoxy) is 2. The topological polar surface area (TPSA) is 127 Å². The van der Waals surface area contributed by atoms with Crippen LogP contribution < -0.4 is 10.9 Å². The molecule has 2 aromatic heterocycles. The van der Waals surface area contributed by atoms with Crippen LogP contribution in [0.1, 0.15) is 54.4 Å². The lowest BCUT2D eigenvalue weighted by molar-refractivity contribution is -0.148. The van der Waals surface area contributed by atoms with E-state index in [2.05, 4.69) is 15.3 Å². The zero-order valence-electron chi connectivity index (χ0n) is 15.5. The van der Waals surface area contributed by atoms with Crippen molar-refractivity contribution in [1.29, 1.82) is 0 Å². The molecule has 0 bridgehead atoms. The Morgan fingerprint density at radius 1 is 1.33 bits per heavy atom. The molecule has 0 fully saturated rings. The van der Waals surface area contributed by atoms with Crippen molar-refractivity contribution in [3.8, 4) is 0 Å². The molecule has 1 atom stereocenters.